The van der Waals surface area contributed by atoms with E-state index in [0.717, 1.165) is 23.0 Å². The van der Waals surface area contributed by atoms with E-state index < -0.39 is 17.7 Å². The molecule has 1 fully saturated rings. The van der Waals surface area contributed by atoms with Crippen molar-refractivity contribution in [2.45, 2.75) is 19.3 Å². The number of rotatable bonds is 6. The van der Waals surface area contributed by atoms with E-state index in [0.29, 0.717) is 29.8 Å². The van der Waals surface area contributed by atoms with Gasteiger partial charge in [-0.1, -0.05) is 15.9 Å². The van der Waals surface area contributed by atoms with Gasteiger partial charge in [0.1, 0.15) is 0 Å². The highest BCUT2D eigenvalue weighted by Crippen LogP contribution is 2.26. The van der Waals surface area contributed by atoms with Crippen LogP contribution in [0, 0.1) is 0 Å². The Morgan fingerprint density at radius 2 is 1.34 bits per heavy atom. The second-order valence-electron chi connectivity index (χ2n) is 8.09. The van der Waals surface area contributed by atoms with Crippen molar-refractivity contribution in [1.82, 2.24) is 0 Å². The lowest BCUT2D eigenvalue weighted by Gasteiger charge is -2.26. The standard InChI is InChI=1S/C26H23BrN4O4/c27-19-9-4-16(5-10-19)26(35)30-22-15-18(24(28)33)8-13-21(22)29-25(34)17-6-11-20(12-7-17)31-14-2-1-3-23(31)32/h4-13,15H,1-3,14H2,(H2,28,33)(H,29,34)(H,30,35). The van der Waals surface area contributed by atoms with Crippen LogP contribution >= 0.6 is 15.9 Å². The molecule has 4 amide bonds. The molecule has 178 valence electrons. The fourth-order valence-electron chi connectivity index (χ4n) is 3.77. The first-order valence-corrected chi connectivity index (χ1v) is 11.8. The quantitative estimate of drug-likeness (QED) is 0.428. The molecule has 1 heterocycles. The molecule has 8 nitrogen and oxygen atoms in total. The van der Waals surface area contributed by atoms with E-state index in [1.807, 2.05) is 0 Å². The van der Waals surface area contributed by atoms with Gasteiger partial charge in [0.2, 0.25) is 11.8 Å². The summed E-state index contributed by atoms with van der Waals surface area (Å²) in [6, 6.07) is 17.9. The molecule has 0 saturated carbocycles. The summed E-state index contributed by atoms with van der Waals surface area (Å²) in [6.45, 7) is 0.665. The largest absolute Gasteiger partial charge is 0.366 e. The zero-order valence-corrected chi connectivity index (χ0v) is 20.3. The van der Waals surface area contributed by atoms with Crippen molar-refractivity contribution in [3.8, 4) is 0 Å². The van der Waals surface area contributed by atoms with E-state index in [2.05, 4.69) is 26.6 Å². The maximum absolute atomic E-state index is 12.9. The van der Waals surface area contributed by atoms with E-state index >= 15 is 0 Å². The van der Waals surface area contributed by atoms with Crippen LogP contribution in [0.15, 0.2) is 71.2 Å². The Hall–Kier alpha value is -3.98. The molecule has 4 N–H and O–H groups in total. The second kappa shape index (κ2) is 10.5. The van der Waals surface area contributed by atoms with Crippen molar-refractivity contribution in [1.29, 1.82) is 0 Å². The number of nitrogens with two attached hydrogens (primary N) is 1. The molecule has 0 unspecified atom stereocenters. The van der Waals surface area contributed by atoms with Crippen LogP contribution in [0.25, 0.3) is 0 Å². The summed E-state index contributed by atoms with van der Waals surface area (Å²) >= 11 is 3.33. The lowest BCUT2D eigenvalue weighted by molar-refractivity contribution is -0.119. The van der Waals surface area contributed by atoms with E-state index in [4.69, 9.17) is 5.73 Å². The highest BCUT2D eigenvalue weighted by atomic mass is 79.9. The lowest BCUT2D eigenvalue weighted by Crippen LogP contribution is -2.35. The number of hydrogen-bond donors (Lipinski definition) is 3. The first kappa shape index (κ1) is 24.2. The molecular formula is C26H23BrN4O4. The molecule has 0 aliphatic carbocycles. The monoisotopic (exact) mass is 534 g/mol. The molecule has 3 aromatic rings. The number of carbonyl (C=O) groups excluding carboxylic acids is 4. The summed E-state index contributed by atoms with van der Waals surface area (Å²) in [7, 11) is 0. The smallest absolute Gasteiger partial charge is 0.255 e. The third-order valence-electron chi connectivity index (χ3n) is 5.67. The topological polar surface area (TPSA) is 122 Å². The Morgan fingerprint density at radius 3 is 1.94 bits per heavy atom. The van der Waals surface area contributed by atoms with Gasteiger partial charge in [0.25, 0.3) is 11.8 Å². The summed E-state index contributed by atoms with van der Waals surface area (Å²) in [4.78, 5) is 51.2. The van der Waals surface area contributed by atoms with E-state index in [9.17, 15) is 19.2 Å². The molecule has 1 aliphatic rings. The van der Waals surface area contributed by atoms with Crippen LogP contribution in [0.5, 0.6) is 0 Å². The Balaban J connectivity index is 1.54. The molecule has 1 aliphatic heterocycles. The van der Waals surface area contributed by atoms with Gasteiger partial charge in [-0.05, 0) is 79.6 Å². The van der Waals surface area contributed by atoms with Crippen LogP contribution in [0.4, 0.5) is 17.1 Å². The Bertz CT molecular complexity index is 1290. The number of nitrogens with zero attached hydrogens (tertiary/aromatic N) is 1. The van der Waals surface area contributed by atoms with Crippen LogP contribution < -0.4 is 21.3 Å². The third-order valence-corrected chi connectivity index (χ3v) is 6.20. The molecule has 9 heteroatoms. The van der Waals surface area contributed by atoms with Gasteiger partial charge in [0.05, 0.1) is 11.4 Å². The van der Waals surface area contributed by atoms with Crippen LogP contribution in [-0.2, 0) is 4.79 Å². The molecule has 4 rings (SSSR count). The Kier molecular flexibility index (Phi) is 7.26. The minimum atomic E-state index is -0.662. The lowest BCUT2D eigenvalue weighted by atomic mass is 10.1. The fraction of sp³-hybridized carbons (Fsp3) is 0.154. The van der Waals surface area contributed by atoms with Gasteiger partial charge in [-0.3, -0.25) is 19.2 Å². The number of benzene rings is 3. The normalized spacial score (nSPS) is 13.3. The first-order valence-electron chi connectivity index (χ1n) is 11.0. The summed E-state index contributed by atoms with van der Waals surface area (Å²) in [6.07, 6.45) is 2.37. The van der Waals surface area contributed by atoms with Gasteiger partial charge in [0.15, 0.2) is 0 Å². The van der Waals surface area contributed by atoms with Crippen molar-refractivity contribution >= 4 is 56.6 Å². The molecule has 3 aromatic carbocycles. The highest BCUT2D eigenvalue weighted by Gasteiger charge is 2.20. The molecule has 35 heavy (non-hydrogen) atoms. The average molecular weight is 535 g/mol. The number of primary amides is 1. The summed E-state index contributed by atoms with van der Waals surface area (Å²) < 4.78 is 0.827. The predicted octanol–water partition coefficient (Wildman–Crippen LogP) is 4.57. The molecule has 0 spiro atoms. The molecule has 0 bridgehead atoms. The molecule has 1 saturated heterocycles. The van der Waals surface area contributed by atoms with Crippen molar-refractivity contribution < 1.29 is 19.2 Å². The summed E-state index contributed by atoms with van der Waals surface area (Å²) in [5.74, 6) is -1.41. The van der Waals surface area contributed by atoms with Crippen molar-refractivity contribution in [3.63, 3.8) is 0 Å². The maximum atomic E-state index is 12.9. The molecule has 0 atom stereocenters. The number of carbonyl (C=O) groups is 4. The average Bonchev–Trinajstić information content (AvgIpc) is 2.85. The van der Waals surface area contributed by atoms with Crippen LogP contribution in [0.2, 0.25) is 0 Å². The summed E-state index contributed by atoms with van der Waals surface area (Å²) in [5, 5.41) is 5.51. The van der Waals surface area contributed by atoms with E-state index in [-0.39, 0.29) is 17.2 Å². The number of halogens is 1. The minimum absolute atomic E-state index is 0.0779. The fourth-order valence-corrected chi connectivity index (χ4v) is 4.04. The predicted molar refractivity (Wildman–Crippen MR) is 138 cm³/mol. The Morgan fingerprint density at radius 1 is 0.771 bits per heavy atom. The van der Waals surface area contributed by atoms with Gasteiger partial charge in [0, 0.05) is 39.8 Å². The van der Waals surface area contributed by atoms with Gasteiger partial charge in [-0.25, -0.2) is 0 Å². The Labute approximate surface area is 210 Å². The van der Waals surface area contributed by atoms with Crippen LogP contribution in [-0.4, -0.2) is 30.2 Å². The number of anilines is 3. The zero-order valence-electron chi connectivity index (χ0n) is 18.7. The van der Waals surface area contributed by atoms with Gasteiger partial charge in [-0.15, -0.1) is 0 Å². The van der Waals surface area contributed by atoms with Gasteiger partial charge in [-0.2, -0.15) is 0 Å². The van der Waals surface area contributed by atoms with Gasteiger partial charge < -0.3 is 21.3 Å². The zero-order chi connectivity index (χ0) is 24.9. The van der Waals surface area contributed by atoms with E-state index in [1.165, 1.54) is 18.2 Å². The minimum Gasteiger partial charge on any atom is -0.366 e. The number of amides is 4. The third kappa shape index (κ3) is 5.75. The SMILES string of the molecule is NC(=O)c1ccc(NC(=O)c2ccc(N3CCCCC3=O)cc2)c(NC(=O)c2ccc(Br)cc2)c1. The number of piperidine rings is 1. The number of hydrogen-bond acceptors (Lipinski definition) is 4. The van der Waals surface area contributed by atoms with Crippen molar-refractivity contribution in [2.24, 2.45) is 5.73 Å². The van der Waals surface area contributed by atoms with E-state index in [1.54, 1.807) is 53.4 Å². The summed E-state index contributed by atoms with van der Waals surface area (Å²) in [5.41, 5.74) is 7.65. The molecule has 0 radical (unpaired) electrons. The van der Waals surface area contributed by atoms with Gasteiger partial charge >= 0.3 is 0 Å². The highest BCUT2D eigenvalue weighted by molar-refractivity contribution is 9.10. The van der Waals surface area contributed by atoms with Crippen LogP contribution in [0.3, 0.4) is 0 Å². The first-order chi connectivity index (χ1) is 16.8. The van der Waals surface area contributed by atoms with Crippen molar-refractivity contribution in [2.75, 3.05) is 22.1 Å². The number of nitrogens with one attached hydrogen (secondary N) is 2. The van der Waals surface area contributed by atoms with Crippen LogP contribution in [0.1, 0.15) is 50.3 Å². The molecular weight excluding hydrogens is 512 g/mol. The molecule has 0 aromatic heterocycles. The van der Waals surface area contributed by atoms with Crippen molar-refractivity contribution in [3.05, 3.63) is 87.9 Å². The second-order valence-corrected chi connectivity index (χ2v) is 9.00. The maximum Gasteiger partial charge on any atom is 0.255 e.